The van der Waals surface area contributed by atoms with Crippen LogP contribution in [-0.4, -0.2) is 66.2 Å². The van der Waals surface area contributed by atoms with Gasteiger partial charge in [-0.3, -0.25) is 9.69 Å². The second-order valence-corrected chi connectivity index (χ2v) is 6.53. The van der Waals surface area contributed by atoms with Crippen LogP contribution in [0.4, 0.5) is 0 Å². The van der Waals surface area contributed by atoms with Gasteiger partial charge in [0, 0.05) is 27.2 Å². The average molecular weight is 344 g/mol. The van der Waals surface area contributed by atoms with Crippen LogP contribution in [0.1, 0.15) is 23.3 Å². The predicted molar refractivity (Wildman–Crippen MR) is 93.0 cm³/mol. The summed E-state index contributed by atoms with van der Waals surface area (Å²) < 4.78 is 11.1. The fourth-order valence-electron chi connectivity index (χ4n) is 2.98. The normalized spacial score (nSPS) is 18.3. The summed E-state index contributed by atoms with van der Waals surface area (Å²) in [5.74, 6) is 0.850. The van der Waals surface area contributed by atoms with E-state index in [-0.39, 0.29) is 12.0 Å². The molecule has 2 aromatic rings. The van der Waals surface area contributed by atoms with E-state index in [0.717, 1.165) is 35.0 Å². The lowest BCUT2D eigenvalue weighted by Crippen LogP contribution is -2.44. The molecule has 1 aliphatic rings. The highest BCUT2D eigenvalue weighted by Crippen LogP contribution is 2.28. The molecule has 0 radical (unpaired) electrons. The standard InChI is InChI=1S/C18H24N4O3/c1-12-18(13(2)25-20-12)15-7-5-6-14(19-15)16-10-22(8-9-24-16)11-17(23)21(3)4/h5-7,16H,8-11H2,1-4H3/t16-/m1/s1. The first-order valence-electron chi connectivity index (χ1n) is 8.40. The molecule has 0 aromatic carbocycles. The maximum Gasteiger partial charge on any atom is 0.236 e. The Balaban J connectivity index is 1.78. The Morgan fingerprint density at radius 2 is 2.16 bits per heavy atom. The fraction of sp³-hybridized carbons (Fsp3) is 0.500. The van der Waals surface area contributed by atoms with Gasteiger partial charge in [-0.2, -0.15) is 0 Å². The largest absolute Gasteiger partial charge is 0.369 e. The van der Waals surface area contributed by atoms with E-state index >= 15 is 0 Å². The number of carbonyl (C=O) groups excluding carboxylic acids is 1. The number of rotatable bonds is 4. The van der Waals surface area contributed by atoms with Gasteiger partial charge < -0.3 is 14.2 Å². The lowest BCUT2D eigenvalue weighted by Gasteiger charge is -2.32. The van der Waals surface area contributed by atoms with Crippen LogP contribution in [0.25, 0.3) is 11.3 Å². The monoisotopic (exact) mass is 344 g/mol. The maximum atomic E-state index is 11.9. The highest BCUT2D eigenvalue weighted by Gasteiger charge is 2.25. The maximum absolute atomic E-state index is 11.9. The Hall–Kier alpha value is -2.25. The minimum Gasteiger partial charge on any atom is -0.369 e. The smallest absolute Gasteiger partial charge is 0.236 e. The molecule has 0 bridgehead atoms. The molecule has 2 aromatic heterocycles. The second-order valence-electron chi connectivity index (χ2n) is 6.53. The zero-order chi connectivity index (χ0) is 18.0. The SMILES string of the molecule is Cc1noc(C)c1-c1cccc([C@H]2CN(CC(=O)N(C)C)CCO2)n1. The number of hydrogen-bond donors (Lipinski definition) is 0. The third kappa shape index (κ3) is 3.88. The summed E-state index contributed by atoms with van der Waals surface area (Å²) in [6.07, 6.45) is -0.149. The Labute approximate surface area is 147 Å². The molecule has 134 valence electrons. The lowest BCUT2D eigenvalue weighted by atomic mass is 10.1. The molecule has 0 unspecified atom stereocenters. The minimum absolute atomic E-state index is 0.0954. The van der Waals surface area contributed by atoms with E-state index < -0.39 is 0 Å². The molecule has 1 aliphatic heterocycles. The third-order valence-corrected chi connectivity index (χ3v) is 4.40. The van der Waals surface area contributed by atoms with Gasteiger partial charge in [-0.15, -0.1) is 0 Å². The van der Waals surface area contributed by atoms with Gasteiger partial charge >= 0.3 is 0 Å². The van der Waals surface area contributed by atoms with E-state index in [1.807, 2.05) is 32.0 Å². The summed E-state index contributed by atoms with van der Waals surface area (Å²) in [6, 6.07) is 5.88. The van der Waals surface area contributed by atoms with E-state index in [1.165, 1.54) is 0 Å². The van der Waals surface area contributed by atoms with Crippen molar-refractivity contribution >= 4 is 5.91 Å². The molecule has 0 aliphatic carbocycles. The zero-order valence-electron chi connectivity index (χ0n) is 15.2. The second kappa shape index (κ2) is 7.33. The van der Waals surface area contributed by atoms with Gasteiger partial charge in [0.05, 0.1) is 35.8 Å². The van der Waals surface area contributed by atoms with Crippen LogP contribution >= 0.6 is 0 Å². The van der Waals surface area contributed by atoms with Crippen LogP contribution in [0.3, 0.4) is 0 Å². The van der Waals surface area contributed by atoms with Crippen LogP contribution in [0, 0.1) is 13.8 Å². The molecule has 0 spiro atoms. The quantitative estimate of drug-likeness (QED) is 0.842. The van der Waals surface area contributed by atoms with Gasteiger partial charge in [-0.25, -0.2) is 4.98 Å². The highest BCUT2D eigenvalue weighted by molar-refractivity contribution is 5.77. The Morgan fingerprint density at radius 1 is 1.36 bits per heavy atom. The molecular formula is C18H24N4O3. The first kappa shape index (κ1) is 17.6. The van der Waals surface area contributed by atoms with Crippen LogP contribution < -0.4 is 0 Å². The first-order chi connectivity index (χ1) is 12.0. The first-order valence-corrected chi connectivity index (χ1v) is 8.40. The summed E-state index contributed by atoms with van der Waals surface area (Å²) in [7, 11) is 3.55. The van der Waals surface area contributed by atoms with Crippen molar-refractivity contribution in [3.63, 3.8) is 0 Å². The summed E-state index contributed by atoms with van der Waals surface area (Å²) in [5, 5.41) is 4.00. The van der Waals surface area contributed by atoms with E-state index in [2.05, 4.69) is 10.1 Å². The van der Waals surface area contributed by atoms with Crippen molar-refractivity contribution in [3.8, 4) is 11.3 Å². The number of pyridine rings is 1. The van der Waals surface area contributed by atoms with E-state index in [1.54, 1.807) is 19.0 Å². The molecule has 3 rings (SSSR count). The van der Waals surface area contributed by atoms with Gasteiger partial charge in [0.25, 0.3) is 0 Å². The van der Waals surface area contributed by atoms with Crippen molar-refractivity contribution in [3.05, 3.63) is 35.3 Å². The van der Waals surface area contributed by atoms with Crippen LogP contribution in [0.2, 0.25) is 0 Å². The summed E-state index contributed by atoms with van der Waals surface area (Å²) in [5.41, 5.74) is 3.44. The van der Waals surface area contributed by atoms with Crippen LogP contribution in [-0.2, 0) is 9.53 Å². The molecule has 1 amide bonds. The number of amides is 1. The van der Waals surface area contributed by atoms with Crippen molar-refractivity contribution in [2.45, 2.75) is 20.0 Å². The molecule has 25 heavy (non-hydrogen) atoms. The van der Waals surface area contributed by atoms with E-state index in [0.29, 0.717) is 19.7 Å². The van der Waals surface area contributed by atoms with Crippen LogP contribution in [0.15, 0.2) is 22.7 Å². The lowest BCUT2D eigenvalue weighted by molar-refractivity contribution is -0.132. The highest BCUT2D eigenvalue weighted by atomic mass is 16.5. The van der Waals surface area contributed by atoms with E-state index in [4.69, 9.17) is 14.2 Å². The van der Waals surface area contributed by atoms with Gasteiger partial charge in [-0.1, -0.05) is 11.2 Å². The number of nitrogens with zero attached hydrogens (tertiary/aromatic N) is 4. The number of aromatic nitrogens is 2. The summed E-state index contributed by atoms with van der Waals surface area (Å²) >= 11 is 0. The van der Waals surface area contributed by atoms with Crippen molar-refractivity contribution in [2.24, 2.45) is 0 Å². The van der Waals surface area contributed by atoms with Crippen molar-refractivity contribution in [2.75, 3.05) is 40.3 Å². The molecule has 0 N–H and O–H groups in total. The molecule has 7 nitrogen and oxygen atoms in total. The van der Waals surface area contributed by atoms with Crippen molar-refractivity contribution < 1.29 is 14.1 Å². The summed E-state index contributed by atoms with van der Waals surface area (Å²) in [4.78, 5) is 20.4. The van der Waals surface area contributed by atoms with Crippen LogP contribution in [0.5, 0.6) is 0 Å². The number of aryl methyl sites for hydroxylation is 2. The van der Waals surface area contributed by atoms with Gasteiger partial charge in [0.15, 0.2) is 0 Å². The molecule has 1 atom stereocenters. The average Bonchev–Trinajstić information content (AvgIpc) is 2.94. The number of ether oxygens (including phenoxy) is 1. The van der Waals surface area contributed by atoms with Gasteiger partial charge in [0.1, 0.15) is 11.9 Å². The Morgan fingerprint density at radius 3 is 2.84 bits per heavy atom. The Bertz CT molecular complexity index is 737. The topological polar surface area (TPSA) is 71.7 Å². The molecule has 1 saturated heterocycles. The zero-order valence-corrected chi connectivity index (χ0v) is 15.2. The van der Waals surface area contributed by atoms with Gasteiger partial charge in [-0.05, 0) is 26.0 Å². The number of morpholine rings is 1. The third-order valence-electron chi connectivity index (χ3n) is 4.40. The number of carbonyl (C=O) groups is 1. The Kier molecular flexibility index (Phi) is 5.15. The molecule has 1 fully saturated rings. The molecule has 3 heterocycles. The van der Waals surface area contributed by atoms with Crippen molar-refractivity contribution in [1.82, 2.24) is 19.9 Å². The van der Waals surface area contributed by atoms with Gasteiger partial charge in [0.2, 0.25) is 5.91 Å². The number of hydrogen-bond acceptors (Lipinski definition) is 6. The van der Waals surface area contributed by atoms with E-state index in [9.17, 15) is 4.79 Å². The minimum atomic E-state index is -0.149. The fourth-order valence-corrected chi connectivity index (χ4v) is 2.98. The molecule has 7 heteroatoms. The number of likely N-dealkylation sites (N-methyl/N-ethyl adjacent to an activating group) is 1. The molecule has 0 saturated carbocycles. The summed E-state index contributed by atoms with van der Waals surface area (Å²) in [6.45, 7) is 6.18. The van der Waals surface area contributed by atoms with Crippen molar-refractivity contribution in [1.29, 1.82) is 0 Å². The molecular weight excluding hydrogens is 320 g/mol. The predicted octanol–water partition coefficient (Wildman–Crippen LogP) is 1.81.